The van der Waals surface area contributed by atoms with Gasteiger partial charge >= 0.3 is 0 Å². The first-order chi connectivity index (χ1) is 13.1. The molecular weight excluding hydrogens is 340 g/mol. The van der Waals surface area contributed by atoms with E-state index in [1.165, 1.54) is 12.8 Å². The van der Waals surface area contributed by atoms with E-state index in [0.29, 0.717) is 0 Å². The fourth-order valence-electron chi connectivity index (χ4n) is 4.58. The van der Waals surface area contributed by atoms with Gasteiger partial charge in [-0.15, -0.1) is 0 Å². The minimum absolute atomic E-state index is 0.0327. The molecule has 1 aliphatic carbocycles. The van der Waals surface area contributed by atoms with Crippen molar-refractivity contribution in [3.8, 4) is 0 Å². The largest absolute Gasteiger partial charge is 0.371 e. The summed E-state index contributed by atoms with van der Waals surface area (Å²) in [6, 6.07) is 7.43. The van der Waals surface area contributed by atoms with Gasteiger partial charge in [0.2, 0.25) is 11.8 Å². The monoisotopic (exact) mass is 370 g/mol. The number of rotatable bonds is 5. The molecule has 27 heavy (non-hydrogen) atoms. The van der Waals surface area contributed by atoms with Gasteiger partial charge in [0.15, 0.2) is 0 Å². The second-order valence-electron chi connectivity index (χ2n) is 8.33. The van der Waals surface area contributed by atoms with Crippen LogP contribution in [0.25, 0.3) is 0 Å². The molecular formula is C21H30N4O2. The molecule has 4 rings (SSSR count). The molecule has 2 unspecified atom stereocenters. The number of carbonyl (C=O) groups excluding carboxylic acids is 2. The summed E-state index contributed by atoms with van der Waals surface area (Å²) < 4.78 is 0. The fourth-order valence-corrected chi connectivity index (χ4v) is 4.58. The first-order valence-corrected chi connectivity index (χ1v) is 10.2. The summed E-state index contributed by atoms with van der Waals surface area (Å²) in [6.07, 6.45) is 5.54. The van der Waals surface area contributed by atoms with Crippen LogP contribution in [-0.2, 0) is 9.59 Å². The quantitative estimate of drug-likeness (QED) is 0.742. The normalized spacial score (nSPS) is 24.5. The van der Waals surface area contributed by atoms with Crippen molar-refractivity contribution in [1.82, 2.24) is 10.6 Å². The summed E-state index contributed by atoms with van der Waals surface area (Å²) in [6.45, 7) is 5.89. The molecule has 2 saturated heterocycles. The maximum absolute atomic E-state index is 12.6. The Morgan fingerprint density at radius 3 is 2.70 bits per heavy atom. The van der Waals surface area contributed by atoms with E-state index in [9.17, 15) is 9.59 Å². The lowest BCUT2D eigenvalue weighted by molar-refractivity contribution is -0.127. The predicted molar refractivity (Wildman–Crippen MR) is 107 cm³/mol. The van der Waals surface area contributed by atoms with Crippen LogP contribution in [0.15, 0.2) is 24.3 Å². The Bertz CT molecular complexity index is 708. The smallest absolute Gasteiger partial charge is 0.246 e. The number of hydrogen-bond acceptors (Lipinski definition) is 4. The molecule has 3 N–H and O–H groups in total. The first-order valence-electron chi connectivity index (χ1n) is 10.2. The molecule has 6 nitrogen and oxygen atoms in total. The van der Waals surface area contributed by atoms with Gasteiger partial charge in [0.05, 0.1) is 0 Å². The highest BCUT2D eigenvalue weighted by Crippen LogP contribution is 2.58. The lowest BCUT2D eigenvalue weighted by atomic mass is 9.91. The topological polar surface area (TPSA) is 73.5 Å². The average molecular weight is 370 g/mol. The van der Waals surface area contributed by atoms with Crippen molar-refractivity contribution in [3.05, 3.63) is 24.3 Å². The molecule has 1 saturated carbocycles. The van der Waals surface area contributed by atoms with E-state index in [2.05, 4.69) is 26.9 Å². The summed E-state index contributed by atoms with van der Waals surface area (Å²) in [7, 11) is 0. The molecule has 6 heteroatoms. The van der Waals surface area contributed by atoms with Crippen LogP contribution in [0, 0.1) is 11.3 Å². The number of nitrogens with zero attached hydrogens (tertiary/aromatic N) is 1. The summed E-state index contributed by atoms with van der Waals surface area (Å²) >= 11 is 0. The maximum Gasteiger partial charge on any atom is 0.246 e. The van der Waals surface area contributed by atoms with Crippen LogP contribution in [0.5, 0.6) is 0 Å². The third-order valence-electron chi connectivity index (χ3n) is 6.44. The van der Waals surface area contributed by atoms with E-state index < -0.39 is 6.04 Å². The van der Waals surface area contributed by atoms with E-state index in [4.69, 9.17) is 0 Å². The van der Waals surface area contributed by atoms with Crippen LogP contribution in [0.4, 0.5) is 11.4 Å². The average Bonchev–Trinajstić information content (AvgIpc) is 3.11. The Labute approximate surface area is 161 Å². The minimum atomic E-state index is -0.535. The molecule has 1 spiro atoms. The molecule has 0 radical (unpaired) electrons. The van der Waals surface area contributed by atoms with Crippen molar-refractivity contribution < 1.29 is 9.59 Å². The molecule has 2 aliphatic heterocycles. The zero-order chi connectivity index (χ0) is 18.9. The van der Waals surface area contributed by atoms with Crippen LogP contribution < -0.4 is 20.9 Å². The number of anilines is 2. The third kappa shape index (κ3) is 3.95. The number of nitrogens with one attached hydrogen (secondary N) is 3. The first kappa shape index (κ1) is 18.3. The summed E-state index contributed by atoms with van der Waals surface area (Å²) in [5.41, 5.74) is 2.12. The molecule has 2 amide bonds. The second-order valence-corrected chi connectivity index (χ2v) is 8.33. The number of benzene rings is 1. The van der Waals surface area contributed by atoms with E-state index in [1.54, 1.807) is 6.92 Å². The van der Waals surface area contributed by atoms with Crippen LogP contribution in [0.3, 0.4) is 0 Å². The Balaban J connectivity index is 1.30. The molecule has 2 atom stereocenters. The van der Waals surface area contributed by atoms with Crippen LogP contribution in [0.2, 0.25) is 0 Å². The van der Waals surface area contributed by atoms with Crippen LogP contribution in [-0.4, -0.2) is 44.0 Å². The Morgan fingerprint density at radius 2 is 1.96 bits per heavy atom. The van der Waals surface area contributed by atoms with Crippen molar-refractivity contribution in [3.63, 3.8) is 0 Å². The zero-order valence-electron chi connectivity index (χ0n) is 16.1. The summed E-state index contributed by atoms with van der Waals surface area (Å²) in [5.74, 6) is -0.0550. The maximum atomic E-state index is 12.6. The molecule has 0 aromatic heterocycles. The molecule has 1 aromatic carbocycles. The highest BCUT2D eigenvalue weighted by atomic mass is 16.2. The van der Waals surface area contributed by atoms with Crippen molar-refractivity contribution in [2.75, 3.05) is 36.4 Å². The van der Waals surface area contributed by atoms with Gasteiger partial charge in [-0.2, -0.15) is 0 Å². The number of piperidine rings is 1. The molecule has 146 valence electrons. The van der Waals surface area contributed by atoms with Crippen LogP contribution >= 0.6 is 0 Å². The van der Waals surface area contributed by atoms with Gasteiger partial charge in [0.25, 0.3) is 0 Å². The van der Waals surface area contributed by atoms with Crippen molar-refractivity contribution in [2.24, 2.45) is 11.3 Å². The van der Waals surface area contributed by atoms with E-state index >= 15 is 0 Å². The number of hydrogen-bond donors (Lipinski definition) is 3. The van der Waals surface area contributed by atoms with Gasteiger partial charge in [-0.25, -0.2) is 0 Å². The summed E-state index contributed by atoms with van der Waals surface area (Å²) in [5, 5.41) is 9.22. The standard InChI is InChI=1S/C21H30N4O2/c1-15(23-20(27)18-14-21(18)7-9-22-10-8-21)19(26)24-16-5-4-6-17(13-16)25-11-2-3-12-25/h4-6,13,15,18,22H,2-3,7-12,14H2,1H3,(H,23,27)(H,24,26). The van der Waals surface area contributed by atoms with Crippen molar-refractivity contribution in [1.29, 1.82) is 0 Å². The van der Waals surface area contributed by atoms with E-state index in [-0.39, 0.29) is 23.1 Å². The molecule has 3 aliphatic rings. The number of amides is 2. The SMILES string of the molecule is CC(NC(=O)C1CC12CCNCC2)C(=O)Nc1cccc(N2CCCC2)c1. The Kier molecular flexibility index (Phi) is 5.08. The Morgan fingerprint density at radius 1 is 1.22 bits per heavy atom. The van der Waals surface area contributed by atoms with Gasteiger partial charge in [-0.1, -0.05) is 6.07 Å². The summed E-state index contributed by atoms with van der Waals surface area (Å²) in [4.78, 5) is 27.4. The lowest BCUT2D eigenvalue weighted by Gasteiger charge is -2.23. The van der Waals surface area contributed by atoms with Crippen molar-refractivity contribution in [2.45, 2.75) is 45.1 Å². The highest BCUT2D eigenvalue weighted by Gasteiger charge is 2.57. The van der Waals surface area contributed by atoms with E-state index in [1.807, 2.05) is 18.2 Å². The van der Waals surface area contributed by atoms with Crippen LogP contribution in [0.1, 0.15) is 39.0 Å². The molecule has 0 bridgehead atoms. The zero-order valence-corrected chi connectivity index (χ0v) is 16.1. The second kappa shape index (κ2) is 7.50. The van der Waals surface area contributed by atoms with Crippen molar-refractivity contribution >= 4 is 23.2 Å². The number of carbonyl (C=O) groups is 2. The minimum Gasteiger partial charge on any atom is -0.371 e. The van der Waals surface area contributed by atoms with Gasteiger partial charge < -0.3 is 20.9 Å². The molecule has 3 fully saturated rings. The lowest BCUT2D eigenvalue weighted by Crippen LogP contribution is -2.43. The Hall–Kier alpha value is -2.08. The molecule has 2 heterocycles. The van der Waals surface area contributed by atoms with Gasteiger partial charge in [-0.05, 0) is 75.7 Å². The van der Waals surface area contributed by atoms with Gasteiger partial charge in [0, 0.05) is 30.4 Å². The predicted octanol–water partition coefficient (Wildman–Crippen LogP) is 2.12. The highest BCUT2D eigenvalue weighted by molar-refractivity contribution is 5.97. The van der Waals surface area contributed by atoms with Gasteiger partial charge in [0.1, 0.15) is 6.04 Å². The van der Waals surface area contributed by atoms with Gasteiger partial charge in [-0.3, -0.25) is 9.59 Å². The van der Waals surface area contributed by atoms with E-state index in [0.717, 1.165) is 56.8 Å². The molecule has 1 aromatic rings. The third-order valence-corrected chi connectivity index (χ3v) is 6.44. The fraction of sp³-hybridized carbons (Fsp3) is 0.619.